The summed E-state index contributed by atoms with van der Waals surface area (Å²) in [4.78, 5) is 29.7. The van der Waals surface area contributed by atoms with Crippen molar-refractivity contribution in [1.82, 2.24) is 10.2 Å². The van der Waals surface area contributed by atoms with Crippen molar-refractivity contribution in [3.05, 3.63) is 30.1 Å². The summed E-state index contributed by atoms with van der Waals surface area (Å²) in [5.74, 6) is -0.0889. The average Bonchev–Trinajstić information content (AvgIpc) is 2.72. The number of carbonyl (C=O) groups is 2. The maximum Gasteiger partial charge on any atom is 0.245 e. The number of nitrogens with one attached hydrogen (secondary N) is 1. The molecule has 1 saturated heterocycles. The summed E-state index contributed by atoms with van der Waals surface area (Å²) in [7, 11) is 0. The summed E-state index contributed by atoms with van der Waals surface area (Å²) >= 11 is 0. The van der Waals surface area contributed by atoms with Crippen molar-refractivity contribution >= 4 is 17.5 Å². The molecular weight excluding hydrogens is 357 g/mol. The van der Waals surface area contributed by atoms with Crippen LogP contribution in [0.3, 0.4) is 0 Å². The van der Waals surface area contributed by atoms with Crippen LogP contribution in [0.15, 0.2) is 24.3 Å². The lowest BCUT2D eigenvalue weighted by Crippen LogP contribution is -2.57. The maximum atomic E-state index is 13.1. The molecule has 1 N–H and O–H groups in total. The van der Waals surface area contributed by atoms with Crippen LogP contribution in [0.25, 0.3) is 0 Å². The van der Waals surface area contributed by atoms with Gasteiger partial charge < -0.3 is 15.1 Å². The van der Waals surface area contributed by atoms with Gasteiger partial charge in [-0.1, -0.05) is 33.1 Å². The van der Waals surface area contributed by atoms with Crippen LogP contribution in [-0.2, 0) is 9.59 Å². The van der Waals surface area contributed by atoms with E-state index in [0.29, 0.717) is 26.2 Å². The van der Waals surface area contributed by atoms with Gasteiger partial charge in [0.2, 0.25) is 11.8 Å². The van der Waals surface area contributed by atoms with E-state index in [9.17, 15) is 14.0 Å². The number of piperazine rings is 1. The van der Waals surface area contributed by atoms with E-state index in [1.807, 2.05) is 18.7 Å². The molecule has 0 radical (unpaired) electrons. The first-order valence-corrected chi connectivity index (χ1v) is 10.6. The largest absolute Gasteiger partial charge is 0.368 e. The monoisotopic (exact) mass is 389 g/mol. The summed E-state index contributed by atoms with van der Waals surface area (Å²) < 4.78 is 13.1. The van der Waals surface area contributed by atoms with Crippen LogP contribution in [0, 0.1) is 17.7 Å². The molecule has 28 heavy (non-hydrogen) atoms. The van der Waals surface area contributed by atoms with E-state index in [2.05, 4.69) is 10.2 Å². The minimum Gasteiger partial charge on any atom is -0.368 e. The highest BCUT2D eigenvalue weighted by molar-refractivity contribution is 5.89. The average molecular weight is 390 g/mol. The Balaban J connectivity index is 1.56. The summed E-state index contributed by atoms with van der Waals surface area (Å²) in [5, 5.41) is 3.05. The van der Waals surface area contributed by atoms with Crippen molar-refractivity contribution < 1.29 is 14.0 Å². The van der Waals surface area contributed by atoms with Gasteiger partial charge in [0, 0.05) is 37.8 Å². The molecule has 0 unspecified atom stereocenters. The molecule has 5 nitrogen and oxygen atoms in total. The molecule has 2 fully saturated rings. The summed E-state index contributed by atoms with van der Waals surface area (Å²) in [5.41, 5.74) is 0.972. The lowest BCUT2D eigenvalue weighted by molar-refractivity contribution is -0.139. The number of hydrogen-bond acceptors (Lipinski definition) is 3. The number of rotatable bonds is 5. The third-order valence-electron chi connectivity index (χ3n) is 5.99. The fourth-order valence-corrected chi connectivity index (χ4v) is 4.18. The molecule has 1 atom stereocenters. The number of halogens is 1. The SMILES string of the molecule is CC(C)[C@@H](NC(=O)C1CCCCC1)C(=O)N1CCN(c2ccc(F)cc2)CC1. The van der Waals surface area contributed by atoms with Gasteiger partial charge in [0.15, 0.2) is 0 Å². The second-order valence-electron chi connectivity index (χ2n) is 8.35. The van der Waals surface area contributed by atoms with Gasteiger partial charge in [-0.2, -0.15) is 0 Å². The van der Waals surface area contributed by atoms with Crippen LogP contribution in [0.4, 0.5) is 10.1 Å². The highest BCUT2D eigenvalue weighted by atomic mass is 19.1. The predicted molar refractivity (Wildman–Crippen MR) is 109 cm³/mol. The van der Waals surface area contributed by atoms with Gasteiger partial charge in [-0.05, 0) is 43.0 Å². The van der Waals surface area contributed by atoms with E-state index < -0.39 is 6.04 Å². The van der Waals surface area contributed by atoms with Crippen molar-refractivity contribution in [2.45, 2.75) is 52.0 Å². The molecule has 3 rings (SSSR count). The number of carbonyl (C=O) groups excluding carboxylic acids is 2. The Hall–Kier alpha value is -2.11. The molecule has 154 valence electrons. The molecule has 6 heteroatoms. The Labute approximate surface area is 167 Å². The highest BCUT2D eigenvalue weighted by Gasteiger charge is 2.32. The number of anilines is 1. The van der Waals surface area contributed by atoms with Gasteiger partial charge in [0.05, 0.1) is 0 Å². The summed E-state index contributed by atoms with van der Waals surface area (Å²) in [6.07, 6.45) is 5.27. The van der Waals surface area contributed by atoms with Crippen molar-refractivity contribution in [2.24, 2.45) is 11.8 Å². The summed E-state index contributed by atoms with van der Waals surface area (Å²) in [6, 6.07) is 6.00. The number of benzene rings is 1. The van der Waals surface area contributed by atoms with Crippen molar-refractivity contribution in [2.75, 3.05) is 31.1 Å². The Bertz CT molecular complexity index is 663. The van der Waals surface area contributed by atoms with Crippen LogP contribution in [0.2, 0.25) is 0 Å². The molecule has 0 spiro atoms. The second-order valence-corrected chi connectivity index (χ2v) is 8.35. The maximum absolute atomic E-state index is 13.1. The molecule has 1 aliphatic carbocycles. The van der Waals surface area contributed by atoms with E-state index in [1.54, 1.807) is 12.1 Å². The van der Waals surface area contributed by atoms with Gasteiger partial charge in [-0.15, -0.1) is 0 Å². The second kappa shape index (κ2) is 9.39. The Kier molecular flexibility index (Phi) is 6.92. The minimum atomic E-state index is -0.466. The molecule has 0 aromatic heterocycles. The van der Waals surface area contributed by atoms with Gasteiger partial charge in [0.25, 0.3) is 0 Å². The lowest BCUT2D eigenvalue weighted by atomic mass is 9.88. The Morgan fingerprint density at radius 3 is 2.18 bits per heavy atom. The number of amides is 2. The van der Waals surface area contributed by atoms with Crippen LogP contribution in [0.1, 0.15) is 46.0 Å². The normalized spacial score (nSPS) is 19.6. The molecule has 0 bridgehead atoms. The van der Waals surface area contributed by atoms with Crippen molar-refractivity contribution in [3.63, 3.8) is 0 Å². The zero-order valence-electron chi connectivity index (χ0n) is 17.0. The van der Waals surface area contributed by atoms with E-state index in [1.165, 1.54) is 18.6 Å². The van der Waals surface area contributed by atoms with Crippen molar-refractivity contribution in [1.29, 1.82) is 0 Å². The zero-order chi connectivity index (χ0) is 20.1. The molecule has 1 aromatic rings. The number of nitrogens with zero attached hydrogens (tertiary/aromatic N) is 2. The van der Waals surface area contributed by atoms with Gasteiger partial charge in [-0.3, -0.25) is 9.59 Å². The Morgan fingerprint density at radius 1 is 1.00 bits per heavy atom. The first kappa shape index (κ1) is 20.6. The van der Waals surface area contributed by atoms with E-state index in [-0.39, 0.29) is 29.5 Å². The highest BCUT2D eigenvalue weighted by Crippen LogP contribution is 2.24. The molecule has 1 aromatic carbocycles. The Morgan fingerprint density at radius 2 is 1.61 bits per heavy atom. The molecule has 2 amide bonds. The predicted octanol–water partition coefficient (Wildman–Crippen LogP) is 3.20. The molecule has 1 saturated carbocycles. The topological polar surface area (TPSA) is 52.7 Å². The fraction of sp³-hybridized carbons (Fsp3) is 0.636. The zero-order valence-corrected chi connectivity index (χ0v) is 17.0. The first-order valence-electron chi connectivity index (χ1n) is 10.6. The van der Waals surface area contributed by atoms with Crippen LogP contribution >= 0.6 is 0 Å². The standard InChI is InChI=1S/C22H32FN3O2/c1-16(2)20(24-21(27)17-6-4-3-5-7-17)22(28)26-14-12-25(13-15-26)19-10-8-18(23)9-11-19/h8-11,16-17,20H,3-7,12-15H2,1-2H3,(H,24,27)/t20-/m1/s1. The first-order chi connectivity index (χ1) is 13.5. The lowest BCUT2D eigenvalue weighted by Gasteiger charge is -2.38. The molecule has 1 heterocycles. The van der Waals surface area contributed by atoms with E-state index in [0.717, 1.165) is 31.4 Å². The van der Waals surface area contributed by atoms with Crippen LogP contribution < -0.4 is 10.2 Å². The number of hydrogen-bond donors (Lipinski definition) is 1. The van der Waals surface area contributed by atoms with Crippen molar-refractivity contribution in [3.8, 4) is 0 Å². The third-order valence-corrected chi connectivity index (χ3v) is 5.99. The van der Waals surface area contributed by atoms with Crippen LogP contribution in [-0.4, -0.2) is 48.9 Å². The molecule has 1 aliphatic heterocycles. The van der Waals surface area contributed by atoms with Gasteiger partial charge in [-0.25, -0.2) is 4.39 Å². The smallest absolute Gasteiger partial charge is 0.245 e. The molecule has 2 aliphatic rings. The fourth-order valence-electron chi connectivity index (χ4n) is 4.18. The molecular formula is C22H32FN3O2. The summed E-state index contributed by atoms with van der Waals surface area (Å²) in [6.45, 7) is 6.60. The van der Waals surface area contributed by atoms with E-state index in [4.69, 9.17) is 0 Å². The van der Waals surface area contributed by atoms with Gasteiger partial charge >= 0.3 is 0 Å². The quantitative estimate of drug-likeness (QED) is 0.841. The van der Waals surface area contributed by atoms with Crippen LogP contribution in [0.5, 0.6) is 0 Å². The third kappa shape index (κ3) is 5.03. The minimum absolute atomic E-state index is 0.0120. The van der Waals surface area contributed by atoms with Gasteiger partial charge in [0.1, 0.15) is 11.9 Å². The van der Waals surface area contributed by atoms with E-state index >= 15 is 0 Å².